The molecular weight excluding hydrogens is 416 g/mol. The van der Waals surface area contributed by atoms with Crippen molar-refractivity contribution in [2.75, 3.05) is 5.32 Å². The summed E-state index contributed by atoms with van der Waals surface area (Å²) < 4.78 is 11.0. The summed E-state index contributed by atoms with van der Waals surface area (Å²) in [7, 11) is 0. The second kappa shape index (κ2) is 10.3. The predicted molar refractivity (Wildman–Crippen MR) is 127 cm³/mol. The number of rotatable bonds is 8. The van der Waals surface area contributed by atoms with E-state index in [-0.39, 0.29) is 18.4 Å². The van der Waals surface area contributed by atoms with Crippen molar-refractivity contribution in [1.29, 1.82) is 0 Å². The summed E-state index contributed by atoms with van der Waals surface area (Å²) in [5, 5.41) is 5.59. The minimum Gasteiger partial charge on any atom is -0.481 e. The SMILES string of the molecule is CC(Oc1ccc(-c2ccccc2)cc1)C(=O)Nc1cccc(C(=O)NCc2ccco2)c1. The highest BCUT2D eigenvalue weighted by Gasteiger charge is 2.16. The Morgan fingerprint density at radius 1 is 0.879 bits per heavy atom. The molecular formula is C27H24N2O4. The average Bonchev–Trinajstić information content (AvgIpc) is 3.37. The Labute approximate surface area is 192 Å². The number of carbonyl (C=O) groups excluding carboxylic acids is 2. The first-order valence-electron chi connectivity index (χ1n) is 10.6. The molecule has 0 aliphatic carbocycles. The van der Waals surface area contributed by atoms with Crippen molar-refractivity contribution in [2.45, 2.75) is 19.6 Å². The number of benzene rings is 3. The molecule has 0 spiro atoms. The quantitative estimate of drug-likeness (QED) is 0.391. The highest BCUT2D eigenvalue weighted by molar-refractivity contribution is 5.98. The smallest absolute Gasteiger partial charge is 0.265 e. The number of carbonyl (C=O) groups is 2. The number of amides is 2. The highest BCUT2D eigenvalue weighted by atomic mass is 16.5. The summed E-state index contributed by atoms with van der Waals surface area (Å²) >= 11 is 0. The van der Waals surface area contributed by atoms with Crippen molar-refractivity contribution in [1.82, 2.24) is 5.32 Å². The van der Waals surface area contributed by atoms with Crippen LogP contribution >= 0.6 is 0 Å². The Hall–Kier alpha value is -4.32. The van der Waals surface area contributed by atoms with E-state index >= 15 is 0 Å². The summed E-state index contributed by atoms with van der Waals surface area (Å²) in [5.41, 5.74) is 3.13. The fourth-order valence-corrected chi connectivity index (χ4v) is 3.28. The minimum absolute atomic E-state index is 0.259. The van der Waals surface area contributed by atoms with Crippen LogP contribution in [-0.4, -0.2) is 17.9 Å². The Morgan fingerprint density at radius 3 is 2.36 bits per heavy atom. The minimum atomic E-state index is -0.719. The number of nitrogens with one attached hydrogen (secondary N) is 2. The molecule has 1 heterocycles. The van der Waals surface area contributed by atoms with Crippen LogP contribution in [0.4, 0.5) is 5.69 Å². The van der Waals surface area contributed by atoms with Crippen LogP contribution in [0.25, 0.3) is 11.1 Å². The third-order valence-corrected chi connectivity index (χ3v) is 5.04. The van der Waals surface area contributed by atoms with Crippen LogP contribution in [0.3, 0.4) is 0 Å². The van der Waals surface area contributed by atoms with Gasteiger partial charge >= 0.3 is 0 Å². The molecule has 1 aromatic heterocycles. The van der Waals surface area contributed by atoms with E-state index in [1.807, 2.05) is 54.6 Å². The topological polar surface area (TPSA) is 80.6 Å². The van der Waals surface area contributed by atoms with Crippen molar-refractivity contribution in [3.8, 4) is 16.9 Å². The van der Waals surface area contributed by atoms with Gasteiger partial charge in [-0.1, -0.05) is 48.5 Å². The molecule has 2 amide bonds. The molecule has 4 rings (SSSR count). The van der Waals surface area contributed by atoms with E-state index < -0.39 is 6.10 Å². The Bertz CT molecular complexity index is 1200. The van der Waals surface area contributed by atoms with E-state index in [2.05, 4.69) is 10.6 Å². The van der Waals surface area contributed by atoms with Crippen molar-refractivity contribution >= 4 is 17.5 Å². The van der Waals surface area contributed by atoms with Crippen LogP contribution in [-0.2, 0) is 11.3 Å². The van der Waals surface area contributed by atoms with E-state index in [1.165, 1.54) is 0 Å². The van der Waals surface area contributed by atoms with E-state index in [4.69, 9.17) is 9.15 Å². The fourth-order valence-electron chi connectivity index (χ4n) is 3.28. The van der Waals surface area contributed by atoms with Crippen LogP contribution in [0.15, 0.2) is 102 Å². The van der Waals surface area contributed by atoms with E-state index in [0.29, 0.717) is 22.8 Å². The maximum Gasteiger partial charge on any atom is 0.265 e. The van der Waals surface area contributed by atoms with Gasteiger partial charge in [-0.05, 0) is 60.5 Å². The Kier molecular flexibility index (Phi) is 6.85. The first-order valence-corrected chi connectivity index (χ1v) is 10.6. The van der Waals surface area contributed by atoms with E-state index in [0.717, 1.165) is 11.1 Å². The molecule has 1 unspecified atom stereocenters. The molecule has 3 aromatic carbocycles. The van der Waals surface area contributed by atoms with Crippen LogP contribution in [0.5, 0.6) is 5.75 Å². The summed E-state index contributed by atoms with van der Waals surface area (Å²) in [4.78, 5) is 25.0. The summed E-state index contributed by atoms with van der Waals surface area (Å²) in [6.45, 7) is 1.97. The average molecular weight is 440 g/mol. The molecule has 4 aromatic rings. The third-order valence-electron chi connectivity index (χ3n) is 5.04. The summed E-state index contributed by atoms with van der Waals surface area (Å²) in [6, 6.07) is 27.9. The normalized spacial score (nSPS) is 11.4. The lowest BCUT2D eigenvalue weighted by Gasteiger charge is -2.15. The lowest BCUT2D eigenvalue weighted by atomic mass is 10.1. The van der Waals surface area contributed by atoms with Gasteiger partial charge in [0, 0.05) is 11.3 Å². The largest absolute Gasteiger partial charge is 0.481 e. The van der Waals surface area contributed by atoms with Gasteiger partial charge in [0.15, 0.2) is 6.10 Å². The zero-order valence-corrected chi connectivity index (χ0v) is 18.2. The number of hydrogen-bond acceptors (Lipinski definition) is 4. The molecule has 0 saturated carbocycles. The molecule has 0 aliphatic heterocycles. The zero-order valence-electron chi connectivity index (χ0n) is 18.2. The number of hydrogen-bond donors (Lipinski definition) is 2. The first-order chi connectivity index (χ1) is 16.1. The first kappa shape index (κ1) is 21.9. The molecule has 166 valence electrons. The molecule has 0 aliphatic rings. The van der Waals surface area contributed by atoms with Gasteiger partial charge in [0.2, 0.25) is 0 Å². The lowest BCUT2D eigenvalue weighted by Crippen LogP contribution is -2.30. The van der Waals surface area contributed by atoms with Crippen molar-refractivity contribution in [2.24, 2.45) is 0 Å². The highest BCUT2D eigenvalue weighted by Crippen LogP contribution is 2.23. The molecule has 6 nitrogen and oxygen atoms in total. The Balaban J connectivity index is 1.33. The number of furan rings is 1. The summed E-state index contributed by atoms with van der Waals surface area (Å²) in [5.74, 6) is 0.694. The van der Waals surface area contributed by atoms with Crippen LogP contribution in [0.2, 0.25) is 0 Å². The zero-order chi connectivity index (χ0) is 23.0. The predicted octanol–water partition coefficient (Wildman–Crippen LogP) is 5.28. The molecule has 1 atom stereocenters. The van der Waals surface area contributed by atoms with Gasteiger partial charge in [0.1, 0.15) is 11.5 Å². The van der Waals surface area contributed by atoms with Gasteiger partial charge in [-0.15, -0.1) is 0 Å². The molecule has 0 saturated heterocycles. The summed E-state index contributed by atoms with van der Waals surface area (Å²) in [6.07, 6.45) is 0.836. The second-order valence-corrected chi connectivity index (χ2v) is 7.48. The van der Waals surface area contributed by atoms with Crippen LogP contribution in [0.1, 0.15) is 23.0 Å². The van der Waals surface area contributed by atoms with Gasteiger partial charge in [0.25, 0.3) is 11.8 Å². The monoisotopic (exact) mass is 440 g/mol. The Morgan fingerprint density at radius 2 is 1.64 bits per heavy atom. The molecule has 6 heteroatoms. The van der Waals surface area contributed by atoms with Gasteiger partial charge in [-0.2, -0.15) is 0 Å². The number of ether oxygens (including phenoxy) is 1. The van der Waals surface area contributed by atoms with E-state index in [1.54, 1.807) is 49.6 Å². The van der Waals surface area contributed by atoms with E-state index in [9.17, 15) is 9.59 Å². The van der Waals surface area contributed by atoms with Crippen molar-refractivity contribution in [3.63, 3.8) is 0 Å². The van der Waals surface area contributed by atoms with Gasteiger partial charge in [-0.25, -0.2) is 0 Å². The standard InChI is InChI=1S/C27H24N2O4/c1-19(33-24-14-12-21(13-15-24)20-7-3-2-4-8-20)26(30)29-23-10-5-9-22(17-23)27(31)28-18-25-11-6-16-32-25/h2-17,19H,18H2,1H3,(H,28,31)(H,29,30). The molecule has 33 heavy (non-hydrogen) atoms. The third kappa shape index (κ3) is 5.89. The molecule has 0 fully saturated rings. The maximum absolute atomic E-state index is 12.6. The maximum atomic E-state index is 12.6. The molecule has 2 N–H and O–H groups in total. The van der Waals surface area contributed by atoms with Crippen molar-refractivity contribution < 1.29 is 18.7 Å². The van der Waals surface area contributed by atoms with Gasteiger partial charge in [0.05, 0.1) is 12.8 Å². The van der Waals surface area contributed by atoms with Crippen LogP contribution in [0, 0.1) is 0 Å². The van der Waals surface area contributed by atoms with Crippen LogP contribution < -0.4 is 15.4 Å². The second-order valence-electron chi connectivity index (χ2n) is 7.48. The fraction of sp³-hybridized carbons (Fsp3) is 0.111. The van der Waals surface area contributed by atoms with Crippen molar-refractivity contribution in [3.05, 3.63) is 109 Å². The van der Waals surface area contributed by atoms with Gasteiger partial charge < -0.3 is 19.8 Å². The molecule has 0 radical (unpaired) electrons. The number of anilines is 1. The van der Waals surface area contributed by atoms with Gasteiger partial charge in [-0.3, -0.25) is 9.59 Å². The lowest BCUT2D eigenvalue weighted by molar-refractivity contribution is -0.122. The molecule has 0 bridgehead atoms.